The zero-order valence-corrected chi connectivity index (χ0v) is 11.0. The molecule has 0 aliphatic rings. The molecule has 0 bridgehead atoms. The van der Waals surface area contributed by atoms with Gasteiger partial charge in [-0.15, -0.1) is 0 Å². The van der Waals surface area contributed by atoms with Gasteiger partial charge in [0.15, 0.2) is 11.6 Å². The van der Waals surface area contributed by atoms with Gasteiger partial charge in [0.1, 0.15) is 0 Å². The number of thioether (sulfide) groups is 1. The van der Waals surface area contributed by atoms with Crippen LogP contribution in [0.5, 0.6) is 5.75 Å². The highest BCUT2D eigenvalue weighted by Crippen LogP contribution is 2.21. The van der Waals surface area contributed by atoms with Gasteiger partial charge in [0.25, 0.3) is 0 Å². The van der Waals surface area contributed by atoms with Crippen LogP contribution in [0.2, 0.25) is 0 Å². The first kappa shape index (κ1) is 13.2. The van der Waals surface area contributed by atoms with E-state index in [-0.39, 0.29) is 0 Å². The Morgan fingerprint density at radius 3 is 3.06 bits per heavy atom. The van der Waals surface area contributed by atoms with E-state index in [1.807, 2.05) is 30.8 Å². The normalized spacial score (nSPS) is 12.2. The highest BCUT2D eigenvalue weighted by Gasteiger charge is 2.05. The molecule has 0 spiro atoms. The third-order valence-electron chi connectivity index (χ3n) is 2.14. The number of anilines is 1. The zero-order valence-electron chi connectivity index (χ0n) is 10.2. The van der Waals surface area contributed by atoms with Crippen molar-refractivity contribution in [1.29, 1.82) is 0 Å². The number of nitrogens with one attached hydrogen (secondary N) is 1. The number of pyridine rings is 1. The van der Waals surface area contributed by atoms with E-state index in [0.29, 0.717) is 12.5 Å². The van der Waals surface area contributed by atoms with Crippen LogP contribution in [0.3, 0.4) is 0 Å². The first-order valence-corrected chi connectivity index (χ1v) is 6.98. The van der Waals surface area contributed by atoms with Crippen LogP contribution in [0.4, 0.5) is 5.82 Å². The Bertz CT molecular complexity index is 307. The second-order valence-corrected chi connectivity index (χ2v) is 4.64. The van der Waals surface area contributed by atoms with Gasteiger partial charge in [0.05, 0.1) is 6.61 Å². The van der Waals surface area contributed by atoms with Crippen molar-refractivity contribution < 1.29 is 4.74 Å². The second kappa shape index (κ2) is 7.39. The van der Waals surface area contributed by atoms with E-state index < -0.39 is 0 Å². The summed E-state index contributed by atoms with van der Waals surface area (Å²) in [5, 5.41) is 3.33. The molecule has 1 aromatic rings. The summed E-state index contributed by atoms with van der Waals surface area (Å²) in [5.41, 5.74) is 0. The Balaban J connectivity index is 2.52. The van der Waals surface area contributed by atoms with Crippen LogP contribution in [-0.2, 0) is 0 Å². The molecule has 0 saturated carbocycles. The summed E-state index contributed by atoms with van der Waals surface area (Å²) in [6.45, 7) is 5.80. The fourth-order valence-corrected chi connectivity index (χ4v) is 2.10. The number of ether oxygens (including phenoxy) is 1. The van der Waals surface area contributed by atoms with Gasteiger partial charge in [-0.2, -0.15) is 11.8 Å². The summed E-state index contributed by atoms with van der Waals surface area (Å²) in [5.74, 6) is 3.47. The molecule has 1 atom stereocenters. The highest BCUT2D eigenvalue weighted by molar-refractivity contribution is 7.98. The smallest absolute Gasteiger partial charge is 0.168 e. The van der Waals surface area contributed by atoms with Crippen LogP contribution in [0.25, 0.3) is 0 Å². The molecule has 1 rings (SSSR count). The molecular weight excluding hydrogens is 220 g/mol. The van der Waals surface area contributed by atoms with E-state index in [0.717, 1.165) is 23.9 Å². The molecule has 1 N–H and O–H groups in total. The fraction of sp³-hybridized carbons (Fsp3) is 0.583. The van der Waals surface area contributed by atoms with Gasteiger partial charge in [-0.05, 0) is 37.0 Å². The number of nitrogens with zero attached hydrogens (tertiary/aromatic N) is 1. The number of hydrogen-bond donors (Lipinski definition) is 1. The first-order valence-electron chi connectivity index (χ1n) is 5.58. The lowest BCUT2D eigenvalue weighted by Crippen LogP contribution is -2.14. The minimum Gasteiger partial charge on any atom is -0.490 e. The summed E-state index contributed by atoms with van der Waals surface area (Å²) in [4.78, 5) is 4.29. The number of hydrogen-bond acceptors (Lipinski definition) is 4. The van der Waals surface area contributed by atoms with Crippen molar-refractivity contribution in [2.24, 2.45) is 5.92 Å². The maximum Gasteiger partial charge on any atom is 0.168 e. The van der Waals surface area contributed by atoms with Crippen LogP contribution < -0.4 is 10.1 Å². The largest absolute Gasteiger partial charge is 0.490 e. The Labute approximate surface area is 102 Å². The lowest BCUT2D eigenvalue weighted by Gasteiger charge is -2.14. The van der Waals surface area contributed by atoms with E-state index in [9.17, 15) is 0 Å². The van der Waals surface area contributed by atoms with E-state index in [4.69, 9.17) is 4.74 Å². The average Bonchev–Trinajstić information content (AvgIpc) is 2.29. The second-order valence-electron chi connectivity index (χ2n) is 3.72. The van der Waals surface area contributed by atoms with Gasteiger partial charge in [0.2, 0.25) is 0 Å². The molecule has 0 fully saturated rings. The molecule has 0 aromatic carbocycles. The Morgan fingerprint density at radius 1 is 1.56 bits per heavy atom. The highest BCUT2D eigenvalue weighted by atomic mass is 32.2. The van der Waals surface area contributed by atoms with Crippen LogP contribution in [-0.4, -0.2) is 30.1 Å². The minimum absolute atomic E-state index is 0.631. The summed E-state index contributed by atoms with van der Waals surface area (Å²) < 4.78 is 5.50. The summed E-state index contributed by atoms with van der Waals surface area (Å²) in [6.07, 6.45) is 3.91. The molecule has 0 aliphatic heterocycles. The monoisotopic (exact) mass is 240 g/mol. The van der Waals surface area contributed by atoms with Gasteiger partial charge in [-0.1, -0.05) is 6.92 Å². The van der Waals surface area contributed by atoms with Gasteiger partial charge < -0.3 is 10.1 Å². The molecule has 0 saturated heterocycles. The van der Waals surface area contributed by atoms with Crippen molar-refractivity contribution >= 4 is 17.6 Å². The first-order chi connectivity index (χ1) is 7.77. The zero-order chi connectivity index (χ0) is 11.8. The van der Waals surface area contributed by atoms with E-state index >= 15 is 0 Å². The van der Waals surface area contributed by atoms with Gasteiger partial charge in [-0.3, -0.25) is 0 Å². The third-order valence-corrected chi connectivity index (χ3v) is 3.04. The molecule has 4 heteroatoms. The molecular formula is C12H20N2OS. The van der Waals surface area contributed by atoms with Gasteiger partial charge in [-0.25, -0.2) is 4.98 Å². The van der Waals surface area contributed by atoms with Crippen molar-refractivity contribution in [3.8, 4) is 5.75 Å². The molecule has 1 aromatic heterocycles. The lowest BCUT2D eigenvalue weighted by molar-refractivity contribution is 0.340. The van der Waals surface area contributed by atoms with Gasteiger partial charge in [0, 0.05) is 12.7 Å². The predicted molar refractivity (Wildman–Crippen MR) is 71.4 cm³/mol. The Hall–Kier alpha value is -0.900. The molecule has 16 heavy (non-hydrogen) atoms. The molecule has 1 unspecified atom stereocenters. The quantitative estimate of drug-likeness (QED) is 0.794. The molecule has 0 radical (unpaired) electrons. The van der Waals surface area contributed by atoms with Crippen molar-refractivity contribution in [2.75, 3.05) is 30.5 Å². The number of rotatable bonds is 7. The van der Waals surface area contributed by atoms with Crippen molar-refractivity contribution in [3.63, 3.8) is 0 Å². The maximum atomic E-state index is 5.50. The van der Waals surface area contributed by atoms with Crippen molar-refractivity contribution in [1.82, 2.24) is 4.98 Å². The molecule has 90 valence electrons. The topological polar surface area (TPSA) is 34.1 Å². The Morgan fingerprint density at radius 2 is 2.38 bits per heavy atom. The van der Waals surface area contributed by atoms with Crippen LogP contribution in [0, 0.1) is 5.92 Å². The van der Waals surface area contributed by atoms with Gasteiger partial charge >= 0.3 is 0 Å². The average molecular weight is 240 g/mol. The fourth-order valence-electron chi connectivity index (χ4n) is 1.41. The van der Waals surface area contributed by atoms with Crippen LogP contribution >= 0.6 is 11.8 Å². The summed E-state index contributed by atoms with van der Waals surface area (Å²) in [7, 11) is 0. The third kappa shape index (κ3) is 4.31. The molecule has 3 nitrogen and oxygen atoms in total. The number of aromatic nitrogens is 1. The van der Waals surface area contributed by atoms with Crippen molar-refractivity contribution in [2.45, 2.75) is 13.8 Å². The molecule has 0 amide bonds. The molecule has 0 aliphatic carbocycles. The van der Waals surface area contributed by atoms with Crippen molar-refractivity contribution in [3.05, 3.63) is 18.3 Å². The van der Waals surface area contributed by atoms with E-state index in [2.05, 4.69) is 23.5 Å². The van der Waals surface area contributed by atoms with E-state index in [1.54, 1.807) is 6.20 Å². The SMILES string of the molecule is CCOc1cccnc1NCC(C)CSC. The summed E-state index contributed by atoms with van der Waals surface area (Å²) in [6, 6.07) is 3.83. The molecule has 1 heterocycles. The van der Waals surface area contributed by atoms with E-state index in [1.165, 1.54) is 0 Å². The summed E-state index contributed by atoms with van der Waals surface area (Å²) >= 11 is 1.87. The maximum absolute atomic E-state index is 5.50. The predicted octanol–water partition coefficient (Wildman–Crippen LogP) is 2.89. The lowest BCUT2D eigenvalue weighted by atomic mass is 10.2. The Kier molecular flexibility index (Phi) is 6.08. The van der Waals surface area contributed by atoms with Crippen LogP contribution in [0.1, 0.15) is 13.8 Å². The standard InChI is InChI=1S/C12H20N2OS/c1-4-15-11-6-5-7-13-12(11)14-8-10(2)9-16-3/h5-7,10H,4,8-9H2,1-3H3,(H,13,14). The van der Waals surface area contributed by atoms with Crippen LogP contribution in [0.15, 0.2) is 18.3 Å². The minimum atomic E-state index is 0.631.